The van der Waals surface area contributed by atoms with Crippen LogP contribution < -0.4 is 10.9 Å². The van der Waals surface area contributed by atoms with E-state index in [4.69, 9.17) is 0 Å². The second-order valence-electron chi connectivity index (χ2n) is 11.1. The average molecular weight is 455 g/mol. The first-order valence-corrected chi connectivity index (χ1v) is 11.3. The number of carbonyl (C=O) groups is 2. The van der Waals surface area contributed by atoms with Crippen LogP contribution in [-0.2, 0) is 10.8 Å². The first-order valence-electron chi connectivity index (χ1n) is 11.3. The highest BCUT2D eigenvalue weighted by Crippen LogP contribution is 2.29. The Labute approximate surface area is 196 Å². The fourth-order valence-electron chi connectivity index (χ4n) is 4.53. The van der Waals surface area contributed by atoms with Gasteiger partial charge in [-0.1, -0.05) is 53.7 Å². The normalized spacial score (nSPS) is 13.9. The summed E-state index contributed by atoms with van der Waals surface area (Å²) in [5, 5.41) is 0.683. The van der Waals surface area contributed by atoms with Crippen LogP contribution in [0.4, 0.5) is 0 Å². The second-order valence-corrected chi connectivity index (χ2v) is 11.1. The van der Waals surface area contributed by atoms with Gasteiger partial charge < -0.3 is 9.97 Å². The lowest BCUT2D eigenvalue weighted by Crippen LogP contribution is -2.34. The summed E-state index contributed by atoms with van der Waals surface area (Å²) in [4.78, 5) is 59.8. The quantitative estimate of drug-likeness (QED) is 0.353. The van der Waals surface area contributed by atoms with E-state index in [1.807, 2.05) is 53.7 Å². The molecule has 34 heavy (non-hydrogen) atoms. The van der Waals surface area contributed by atoms with Gasteiger partial charge in [-0.15, -0.1) is 0 Å². The maximum atomic E-state index is 13.5. The van der Waals surface area contributed by atoms with Gasteiger partial charge in [0.1, 0.15) is 11.4 Å². The fraction of sp³-hybridized carbons (Fsp3) is 0.286. The van der Waals surface area contributed by atoms with Crippen LogP contribution in [0.2, 0.25) is 0 Å². The summed E-state index contributed by atoms with van der Waals surface area (Å²) in [5.74, 6) is -1.29. The second kappa shape index (κ2) is 6.86. The van der Waals surface area contributed by atoms with Crippen molar-refractivity contribution >= 4 is 33.4 Å². The van der Waals surface area contributed by atoms with Crippen LogP contribution in [0.3, 0.4) is 0 Å². The Morgan fingerprint density at radius 3 is 1.24 bits per heavy atom. The highest BCUT2D eigenvalue weighted by molar-refractivity contribution is 6.28. The van der Waals surface area contributed by atoms with E-state index in [0.717, 1.165) is 11.1 Å². The maximum Gasteiger partial charge on any atom is 0.216 e. The number of pyridine rings is 2. The number of aromatic nitrogens is 2. The Hall–Kier alpha value is -3.80. The number of hydrogen-bond acceptors (Lipinski definition) is 4. The lowest BCUT2D eigenvalue weighted by molar-refractivity contribution is 0.0971. The first-order chi connectivity index (χ1) is 15.8. The van der Waals surface area contributed by atoms with Crippen molar-refractivity contribution in [2.45, 2.75) is 52.4 Å². The number of carbonyl (C=O) groups excluding carboxylic acids is 2. The molecule has 1 aliphatic carbocycles. The van der Waals surface area contributed by atoms with Crippen molar-refractivity contribution in [1.82, 2.24) is 9.97 Å². The highest BCUT2D eigenvalue weighted by Gasteiger charge is 2.37. The van der Waals surface area contributed by atoms with Crippen LogP contribution in [0.15, 0.2) is 46.0 Å². The summed E-state index contributed by atoms with van der Waals surface area (Å²) < 4.78 is 0. The van der Waals surface area contributed by atoms with Crippen molar-refractivity contribution in [3.63, 3.8) is 0 Å². The summed E-state index contributed by atoms with van der Waals surface area (Å²) in [6.45, 7) is 12.2. The summed E-state index contributed by atoms with van der Waals surface area (Å²) in [7, 11) is 0. The Morgan fingerprint density at radius 1 is 0.559 bits per heavy atom. The maximum absolute atomic E-state index is 13.5. The molecule has 172 valence electrons. The van der Waals surface area contributed by atoms with E-state index in [1.54, 1.807) is 24.3 Å². The molecule has 6 nitrogen and oxygen atoms in total. The Morgan fingerprint density at radius 2 is 0.912 bits per heavy atom. The topological polar surface area (TPSA) is 99.9 Å². The third-order valence-corrected chi connectivity index (χ3v) is 6.64. The smallest absolute Gasteiger partial charge is 0.216 e. The van der Waals surface area contributed by atoms with E-state index in [1.165, 1.54) is 0 Å². The van der Waals surface area contributed by atoms with Crippen LogP contribution in [0, 0.1) is 0 Å². The molecule has 0 amide bonds. The minimum atomic E-state index is -0.646. The number of hydrogen-bond donors (Lipinski definition) is 2. The molecule has 0 saturated heterocycles. The molecule has 0 radical (unpaired) electrons. The molecule has 0 saturated carbocycles. The first kappa shape index (κ1) is 22.0. The highest BCUT2D eigenvalue weighted by atomic mass is 16.2. The summed E-state index contributed by atoms with van der Waals surface area (Å²) in [6.07, 6.45) is 0. The van der Waals surface area contributed by atoms with Gasteiger partial charge >= 0.3 is 0 Å². The van der Waals surface area contributed by atoms with Crippen molar-refractivity contribution in [3.05, 3.63) is 90.5 Å². The summed E-state index contributed by atoms with van der Waals surface area (Å²) in [5.41, 5.74) is 0.662. The largest absolute Gasteiger partial charge is 0.351 e. The lowest BCUT2D eigenvalue weighted by Gasteiger charge is -2.22. The number of benzene rings is 2. The molecule has 2 N–H and O–H groups in total. The van der Waals surface area contributed by atoms with Gasteiger partial charge in [-0.05, 0) is 46.2 Å². The lowest BCUT2D eigenvalue weighted by atomic mass is 9.84. The molecule has 2 aromatic carbocycles. The van der Waals surface area contributed by atoms with Crippen LogP contribution in [-0.4, -0.2) is 21.5 Å². The minimum absolute atomic E-state index is 0.129. The van der Waals surface area contributed by atoms with Gasteiger partial charge in [0.25, 0.3) is 0 Å². The minimum Gasteiger partial charge on any atom is -0.351 e. The van der Waals surface area contributed by atoms with Gasteiger partial charge in [0, 0.05) is 21.8 Å². The summed E-state index contributed by atoms with van der Waals surface area (Å²) in [6, 6.07) is 10.8. The van der Waals surface area contributed by atoms with Crippen molar-refractivity contribution in [2.24, 2.45) is 0 Å². The number of aromatic amines is 2. The fourth-order valence-corrected chi connectivity index (χ4v) is 4.53. The van der Waals surface area contributed by atoms with Crippen LogP contribution >= 0.6 is 0 Å². The molecule has 2 aromatic heterocycles. The van der Waals surface area contributed by atoms with Crippen molar-refractivity contribution in [3.8, 4) is 0 Å². The number of rotatable bonds is 0. The average Bonchev–Trinajstić information content (AvgIpc) is 2.75. The molecule has 0 spiro atoms. The summed E-state index contributed by atoms with van der Waals surface area (Å²) >= 11 is 0. The van der Waals surface area contributed by atoms with Crippen LogP contribution in [0.5, 0.6) is 0 Å². The van der Waals surface area contributed by atoms with Crippen LogP contribution in [0.25, 0.3) is 21.8 Å². The monoisotopic (exact) mass is 454 g/mol. The number of fused-ring (bicyclic) bond motifs is 4. The molecule has 0 atom stereocenters. The standard InChI is InChI=1S/C28H26N2O4/c1-27(2,3)13-7-9-17-15(11-13)23(31)19-21(29-17)26(34)20-22(25(19)33)30-18-10-8-14(28(4,5)6)12-16(18)24(20)32/h7-12H,1-6H3,(H,29,31)(H,30,32). The molecule has 1 aliphatic rings. The molecule has 2 heterocycles. The van der Waals surface area contributed by atoms with Crippen molar-refractivity contribution in [2.75, 3.05) is 0 Å². The van der Waals surface area contributed by atoms with E-state index < -0.39 is 22.4 Å². The SMILES string of the molecule is CC(C)(C)c1ccc2[nH]c3c(c(=O)c2c1)C(=O)c1[nH]c2ccc(C(C)(C)C)cc2c(=O)c1C3=O. The molecule has 0 fully saturated rings. The van der Waals surface area contributed by atoms with Gasteiger partial charge in [-0.25, -0.2) is 0 Å². The van der Waals surface area contributed by atoms with E-state index >= 15 is 0 Å². The Kier molecular flexibility index (Phi) is 4.44. The van der Waals surface area contributed by atoms with Crippen LogP contribution in [0.1, 0.15) is 84.8 Å². The zero-order valence-electron chi connectivity index (χ0n) is 20.1. The third-order valence-electron chi connectivity index (χ3n) is 6.64. The van der Waals surface area contributed by atoms with Gasteiger partial charge in [0.15, 0.2) is 0 Å². The zero-order chi connectivity index (χ0) is 24.7. The number of ketones is 2. The van der Waals surface area contributed by atoms with Gasteiger partial charge in [-0.2, -0.15) is 0 Å². The molecule has 6 heteroatoms. The number of H-pyrrole nitrogens is 2. The Bertz CT molecular complexity index is 1560. The van der Waals surface area contributed by atoms with E-state index in [2.05, 4.69) is 9.97 Å². The van der Waals surface area contributed by atoms with E-state index in [0.29, 0.717) is 21.8 Å². The Balaban J connectivity index is 1.81. The molecule has 0 aliphatic heterocycles. The molecular formula is C28H26N2O4. The van der Waals surface area contributed by atoms with Crippen molar-refractivity contribution < 1.29 is 9.59 Å². The molecule has 0 unspecified atom stereocenters. The predicted octanol–water partition coefficient (Wildman–Crippen LogP) is 4.74. The third kappa shape index (κ3) is 3.09. The molecule has 0 bridgehead atoms. The molecule has 5 rings (SSSR count). The van der Waals surface area contributed by atoms with Gasteiger partial charge in [0.05, 0.1) is 11.1 Å². The van der Waals surface area contributed by atoms with Crippen molar-refractivity contribution in [1.29, 1.82) is 0 Å². The van der Waals surface area contributed by atoms with E-state index in [-0.39, 0.29) is 33.3 Å². The molecular weight excluding hydrogens is 428 g/mol. The number of nitrogens with one attached hydrogen (secondary N) is 2. The zero-order valence-corrected chi connectivity index (χ0v) is 20.1. The molecule has 4 aromatic rings. The predicted molar refractivity (Wildman–Crippen MR) is 133 cm³/mol. The van der Waals surface area contributed by atoms with Gasteiger partial charge in [-0.3, -0.25) is 19.2 Å². The van der Waals surface area contributed by atoms with E-state index in [9.17, 15) is 19.2 Å². The van der Waals surface area contributed by atoms with Gasteiger partial charge in [0.2, 0.25) is 22.4 Å².